The number of unbranched alkanes of at least 4 members (excludes halogenated alkanes) is 1. The van der Waals surface area contributed by atoms with E-state index in [1.54, 1.807) is 24.3 Å². The highest BCUT2D eigenvalue weighted by atomic mass is 35.5. The van der Waals surface area contributed by atoms with E-state index in [1.165, 1.54) is 29.2 Å². The molecule has 1 heterocycles. The average Bonchev–Trinajstić information content (AvgIpc) is 2.97. The molecule has 2 aromatic carbocycles. The van der Waals surface area contributed by atoms with E-state index in [0.717, 1.165) is 6.42 Å². The zero-order valence-corrected chi connectivity index (χ0v) is 16.4. The molecule has 1 aliphatic heterocycles. The van der Waals surface area contributed by atoms with Gasteiger partial charge in [0.25, 0.3) is 17.4 Å². The van der Waals surface area contributed by atoms with Crippen molar-refractivity contribution in [3.8, 4) is 0 Å². The third kappa shape index (κ3) is 4.00. The number of nitrogens with zero attached hydrogens (tertiary/aromatic N) is 2. The van der Waals surface area contributed by atoms with Gasteiger partial charge in [-0.3, -0.25) is 19.7 Å². The molecule has 2 aromatic rings. The first-order chi connectivity index (χ1) is 13.8. The summed E-state index contributed by atoms with van der Waals surface area (Å²) in [5, 5.41) is 22.2. The fourth-order valence-corrected chi connectivity index (χ4v) is 3.45. The first kappa shape index (κ1) is 20.5. The lowest BCUT2D eigenvalue weighted by Crippen LogP contribution is -2.30. The molecule has 0 saturated carbocycles. The number of halogens is 1. The van der Waals surface area contributed by atoms with E-state index >= 15 is 0 Å². The fourth-order valence-electron chi connectivity index (χ4n) is 3.33. The molecule has 1 aliphatic rings. The van der Waals surface area contributed by atoms with Crippen molar-refractivity contribution in [1.82, 2.24) is 4.90 Å². The van der Waals surface area contributed by atoms with Crippen molar-refractivity contribution in [3.63, 3.8) is 0 Å². The van der Waals surface area contributed by atoms with Crippen LogP contribution in [0.3, 0.4) is 0 Å². The minimum atomic E-state index is -0.781. The van der Waals surface area contributed by atoms with E-state index in [4.69, 9.17) is 11.6 Å². The number of nitro groups is 1. The predicted molar refractivity (Wildman–Crippen MR) is 108 cm³/mol. The molecule has 0 spiro atoms. The maximum Gasteiger partial charge on any atom is 0.295 e. The van der Waals surface area contributed by atoms with Crippen molar-refractivity contribution in [3.05, 3.63) is 80.4 Å². The standard InChI is InChI=1S/C21H19ClN2O5/c1-2-3-12-23-18(13-4-8-15(22)9-5-13)17(20(26)21(23)27)19(25)14-6-10-16(11-7-14)24(28)29/h4-11,18,25H,2-3,12H2,1H3/b19-17+/t18-/m1/s1. The van der Waals surface area contributed by atoms with Gasteiger partial charge in [-0.25, -0.2) is 0 Å². The molecular weight excluding hydrogens is 396 g/mol. The van der Waals surface area contributed by atoms with E-state index in [1.807, 2.05) is 6.92 Å². The molecule has 0 unspecified atom stereocenters. The normalized spacial score (nSPS) is 18.3. The molecule has 0 aliphatic carbocycles. The van der Waals surface area contributed by atoms with Gasteiger partial charge in [-0.2, -0.15) is 0 Å². The van der Waals surface area contributed by atoms with E-state index in [0.29, 0.717) is 23.6 Å². The van der Waals surface area contributed by atoms with E-state index in [-0.39, 0.29) is 22.6 Å². The molecule has 0 radical (unpaired) electrons. The van der Waals surface area contributed by atoms with Crippen LogP contribution in [0.4, 0.5) is 5.69 Å². The molecule has 7 nitrogen and oxygen atoms in total. The zero-order chi connectivity index (χ0) is 21.1. The minimum absolute atomic E-state index is 0.0396. The van der Waals surface area contributed by atoms with E-state index in [2.05, 4.69) is 0 Å². The van der Waals surface area contributed by atoms with Gasteiger partial charge < -0.3 is 10.0 Å². The van der Waals surface area contributed by atoms with Gasteiger partial charge >= 0.3 is 0 Å². The Morgan fingerprint density at radius 1 is 1.14 bits per heavy atom. The van der Waals surface area contributed by atoms with Gasteiger partial charge in [0.1, 0.15) is 5.76 Å². The molecule has 0 bridgehead atoms. The van der Waals surface area contributed by atoms with Gasteiger partial charge in [0.15, 0.2) is 0 Å². The molecule has 1 saturated heterocycles. The summed E-state index contributed by atoms with van der Waals surface area (Å²) in [4.78, 5) is 37.2. The maximum atomic E-state index is 12.8. The van der Waals surface area contributed by atoms with Crippen LogP contribution >= 0.6 is 11.6 Å². The Hall–Kier alpha value is -3.19. The monoisotopic (exact) mass is 414 g/mol. The maximum absolute atomic E-state index is 12.8. The number of likely N-dealkylation sites (tertiary alicyclic amines) is 1. The topological polar surface area (TPSA) is 101 Å². The number of amides is 1. The lowest BCUT2D eigenvalue weighted by Gasteiger charge is -2.25. The zero-order valence-electron chi connectivity index (χ0n) is 15.7. The number of benzene rings is 2. The second kappa shape index (κ2) is 8.45. The number of carbonyl (C=O) groups excluding carboxylic acids is 2. The molecule has 1 fully saturated rings. The quantitative estimate of drug-likeness (QED) is 0.247. The molecule has 8 heteroatoms. The highest BCUT2D eigenvalue weighted by Crippen LogP contribution is 2.39. The Labute approximate surface area is 172 Å². The summed E-state index contributed by atoms with van der Waals surface area (Å²) in [7, 11) is 0. The van der Waals surface area contributed by atoms with Crippen molar-refractivity contribution in [1.29, 1.82) is 0 Å². The van der Waals surface area contributed by atoms with Crippen LogP contribution in [0.2, 0.25) is 5.02 Å². The number of carbonyl (C=O) groups is 2. The molecule has 29 heavy (non-hydrogen) atoms. The summed E-state index contributed by atoms with van der Waals surface area (Å²) in [5.41, 5.74) is 0.692. The summed E-state index contributed by atoms with van der Waals surface area (Å²) >= 11 is 5.97. The molecule has 150 valence electrons. The van der Waals surface area contributed by atoms with Crippen molar-refractivity contribution < 1.29 is 19.6 Å². The van der Waals surface area contributed by atoms with Crippen LogP contribution in [0.1, 0.15) is 36.9 Å². The summed E-state index contributed by atoms with van der Waals surface area (Å²) < 4.78 is 0. The third-order valence-electron chi connectivity index (χ3n) is 4.83. The first-order valence-corrected chi connectivity index (χ1v) is 9.51. The van der Waals surface area contributed by atoms with Gasteiger partial charge in [-0.1, -0.05) is 37.1 Å². The fraction of sp³-hybridized carbons (Fsp3) is 0.238. The number of hydrogen-bond donors (Lipinski definition) is 1. The van der Waals surface area contributed by atoms with Crippen molar-refractivity contribution >= 4 is 34.7 Å². The predicted octanol–water partition coefficient (Wildman–Crippen LogP) is 4.47. The van der Waals surface area contributed by atoms with Gasteiger partial charge in [-0.15, -0.1) is 0 Å². The van der Waals surface area contributed by atoms with E-state index in [9.17, 15) is 24.8 Å². The third-order valence-corrected chi connectivity index (χ3v) is 5.08. The number of rotatable bonds is 6. The summed E-state index contributed by atoms with van der Waals surface area (Å²) in [6.45, 7) is 2.34. The van der Waals surface area contributed by atoms with Crippen LogP contribution in [0, 0.1) is 10.1 Å². The largest absolute Gasteiger partial charge is 0.507 e. The Morgan fingerprint density at radius 3 is 2.31 bits per heavy atom. The van der Waals surface area contributed by atoms with Crippen LogP contribution in [0.5, 0.6) is 0 Å². The van der Waals surface area contributed by atoms with Gasteiger partial charge in [0.2, 0.25) is 0 Å². The number of aliphatic hydroxyl groups is 1. The summed E-state index contributed by atoms with van der Waals surface area (Å²) in [6, 6.07) is 11.2. The molecule has 1 N–H and O–H groups in total. The Kier molecular flexibility index (Phi) is 5.98. The first-order valence-electron chi connectivity index (χ1n) is 9.13. The SMILES string of the molecule is CCCCN1C(=O)C(=O)/C(=C(/O)c2ccc([N+](=O)[O-])cc2)[C@H]1c1ccc(Cl)cc1. The number of Topliss-reactive ketones (excluding diaryl/α,β-unsaturated/α-hetero) is 1. The molecular formula is C21H19ClN2O5. The highest BCUT2D eigenvalue weighted by molar-refractivity contribution is 6.46. The number of hydrogen-bond acceptors (Lipinski definition) is 5. The number of ketones is 1. The van der Waals surface area contributed by atoms with Crippen LogP contribution in [0.25, 0.3) is 5.76 Å². The number of non-ortho nitro benzene ring substituents is 1. The molecule has 0 aromatic heterocycles. The minimum Gasteiger partial charge on any atom is -0.507 e. The van der Waals surface area contributed by atoms with Gasteiger partial charge in [-0.05, 0) is 36.2 Å². The average molecular weight is 415 g/mol. The highest BCUT2D eigenvalue weighted by Gasteiger charge is 2.45. The molecule has 1 atom stereocenters. The Bertz CT molecular complexity index is 983. The number of aliphatic hydroxyl groups excluding tert-OH is 1. The molecule has 1 amide bonds. The Balaban J connectivity index is 2.12. The van der Waals surface area contributed by atoms with Crippen molar-refractivity contribution in [2.75, 3.05) is 6.54 Å². The summed E-state index contributed by atoms with van der Waals surface area (Å²) in [5.74, 6) is -1.82. The van der Waals surface area contributed by atoms with Gasteiger partial charge in [0.05, 0.1) is 16.5 Å². The smallest absolute Gasteiger partial charge is 0.295 e. The number of nitro benzene ring substituents is 1. The van der Waals surface area contributed by atoms with Crippen LogP contribution < -0.4 is 0 Å². The lowest BCUT2D eigenvalue weighted by molar-refractivity contribution is -0.384. The van der Waals surface area contributed by atoms with E-state index < -0.39 is 22.7 Å². The van der Waals surface area contributed by atoms with Crippen LogP contribution in [-0.4, -0.2) is 33.2 Å². The van der Waals surface area contributed by atoms with Gasteiger partial charge in [0, 0.05) is 29.3 Å². The molecule has 3 rings (SSSR count). The van der Waals surface area contributed by atoms with Crippen molar-refractivity contribution in [2.24, 2.45) is 0 Å². The van der Waals surface area contributed by atoms with Crippen molar-refractivity contribution in [2.45, 2.75) is 25.8 Å². The second-order valence-electron chi connectivity index (χ2n) is 6.70. The van der Waals surface area contributed by atoms with Crippen LogP contribution in [-0.2, 0) is 9.59 Å². The van der Waals surface area contributed by atoms with Crippen LogP contribution in [0.15, 0.2) is 54.1 Å². The summed E-state index contributed by atoms with van der Waals surface area (Å²) in [6.07, 6.45) is 1.54. The lowest BCUT2D eigenvalue weighted by atomic mass is 9.95. The Morgan fingerprint density at radius 2 is 1.76 bits per heavy atom. The second-order valence-corrected chi connectivity index (χ2v) is 7.14.